The highest BCUT2D eigenvalue weighted by atomic mass is 35.5. The van der Waals surface area contributed by atoms with Crippen LogP contribution in [0.1, 0.15) is 28.9 Å². The minimum absolute atomic E-state index is 0.0830. The van der Waals surface area contributed by atoms with Gasteiger partial charge in [0.15, 0.2) is 0 Å². The van der Waals surface area contributed by atoms with Crippen LogP contribution in [0.25, 0.3) is 16.5 Å². The summed E-state index contributed by atoms with van der Waals surface area (Å²) < 4.78 is 2.06. The molecule has 0 atom stereocenters. The number of nitrogens with zero attached hydrogens (tertiary/aromatic N) is 1. The smallest absolute Gasteiger partial charge is 0.303 e. The van der Waals surface area contributed by atoms with Gasteiger partial charge in [-0.3, -0.25) is 9.59 Å². The number of nitrogens with one attached hydrogen (secondary N) is 1. The van der Waals surface area contributed by atoms with Crippen molar-refractivity contribution in [2.75, 3.05) is 5.32 Å². The molecule has 158 valence electrons. The van der Waals surface area contributed by atoms with Gasteiger partial charge in [0.05, 0.1) is 10.6 Å². The number of carboxylic acids is 1. The molecule has 0 aliphatic carbocycles. The number of aryl methyl sites for hydroxylation is 1. The van der Waals surface area contributed by atoms with Gasteiger partial charge in [0.1, 0.15) is 0 Å². The van der Waals surface area contributed by atoms with Crippen molar-refractivity contribution in [1.82, 2.24) is 4.57 Å². The fourth-order valence-corrected chi connectivity index (χ4v) is 3.67. The maximum Gasteiger partial charge on any atom is 0.303 e. The van der Waals surface area contributed by atoms with Gasteiger partial charge in [-0.2, -0.15) is 0 Å². The molecule has 0 saturated carbocycles. The minimum atomic E-state index is -0.826. The molecule has 0 aliphatic heterocycles. The molecule has 1 amide bonds. The summed E-state index contributed by atoms with van der Waals surface area (Å²) in [6.45, 7) is 8.18. The number of carboxylic acid groups (broad SMARTS) is 1. The first-order chi connectivity index (χ1) is 14.9. The lowest BCUT2D eigenvalue weighted by Gasteiger charge is -2.11. The van der Waals surface area contributed by atoms with Crippen molar-refractivity contribution in [2.45, 2.75) is 19.4 Å². The monoisotopic (exact) mass is 434 g/mol. The Bertz CT molecular complexity index is 1190. The van der Waals surface area contributed by atoms with Gasteiger partial charge in [-0.15, -0.1) is 0 Å². The van der Waals surface area contributed by atoms with E-state index in [9.17, 15) is 9.59 Å². The van der Waals surface area contributed by atoms with E-state index in [1.807, 2.05) is 30.3 Å². The van der Waals surface area contributed by atoms with E-state index in [4.69, 9.17) is 16.7 Å². The molecule has 0 spiro atoms. The summed E-state index contributed by atoms with van der Waals surface area (Å²) >= 11 is 6.13. The number of rotatable bonds is 9. The molecule has 0 radical (unpaired) electrons. The number of carbonyl (C=O) groups is 2. The predicted octanol–water partition coefficient (Wildman–Crippen LogP) is 6.17. The summed E-state index contributed by atoms with van der Waals surface area (Å²) in [5.74, 6) is -1.11. The summed E-state index contributed by atoms with van der Waals surface area (Å²) in [4.78, 5) is 23.6. The zero-order valence-corrected chi connectivity index (χ0v) is 17.7. The third-order valence-electron chi connectivity index (χ3n) is 4.86. The topological polar surface area (TPSA) is 71.3 Å². The SMILES string of the molecule is C=C/C=C(\C=C)c1cc2cc(NC(=O)c3ccccc3Cl)ccc2n1CCCC(=O)O. The first kappa shape index (κ1) is 22.1. The van der Waals surface area contributed by atoms with Crippen molar-refractivity contribution >= 4 is 45.6 Å². The molecule has 5 nitrogen and oxygen atoms in total. The van der Waals surface area contributed by atoms with Gasteiger partial charge in [0, 0.05) is 35.2 Å². The van der Waals surface area contributed by atoms with E-state index in [0.717, 1.165) is 22.2 Å². The van der Waals surface area contributed by atoms with Gasteiger partial charge in [0.25, 0.3) is 5.91 Å². The zero-order chi connectivity index (χ0) is 22.4. The number of hydrogen-bond donors (Lipinski definition) is 2. The van der Waals surface area contributed by atoms with Crippen LogP contribution < -0.4 is 5.32 Å². The Morgan fingerprint density at radius 2 is 1.90 bits per heavy atom. The standard InChI is InChI=1S/C25H23ClN2O3/c1-3-8-17(4-2)23-16-18-15-19(27-25(31)20-9-5-6-10-21(20)26)12-13-22(18)28(23)14-7-11-24(29)30/h3-6,8-10,12-13,15-16H,1-2,7,11,14H2,(H,27,31)(H,29,30)/b17-8+. The Hall–Kier alpha value is -3.57. The van der Waals surface area contributed by atoms with Gasteiger partial charge >= 0.3 is 5.97 Å². The van der Waals surface area contributed by atoms with E-state index in [0.29, 0.717) is 29.2 Å². The predicted molar refractivity (Wildman–Crippen MR) is 127 cm³/mol. The van der Waals surface area contributed by atoms with Gasteiger partial charge in [0.2, 0.25) is 0 Å². The normalized spacial score (nSPS) is 11.3. The number of anilines is 1. The largest absolute Gasteiger partial charge is 0.481 e. The van der Waals surface area contributed by atoms with Crippen molar-refractivity contribution in [3.63, 3.8) is 0 Å². The summed E-state index contributed by atoms with van der Waals surface area (Å²) in [6, 6.07) is 14.5. The van der Waals surface area contributed by atoms with E-state index in [-0.39, 0.29) is 12.3 Å². The van der Waals surface area contributed by atoms with Crippen molar-refractivity contribution in [3.8, 4) is 0 Å². The molecule has 0 aliphatic rings. The van der Waals surface area contributed by atoms with Crippen LogP contribution in [0.2, 0.25) is 5.02 Å². The van der Waals surface area contributed by atoms with Gasteiger partial charge in [-0.1, -0.05) is 55.1 Å². The first-order valence-corrected chi connectivity index (χ1v) is 10.2. The fourth-order valence-electron chi connectivity index (χ4n) is 3.45. The number of hydrogen-bond acceptors (Lipinski definition) is 2. The molecular formula is C25H23ClN2O3. The Balaban J connectivity index is 1.98. The molecule has 2 N–H and O–H groups in total. The second kappa shape index (κ2) is 9.96. The molecule has 3 aromatic rings. The quantitative estimate of drug-likeness (QED) is 0.396. The highest BCUT2D eigenvalue weighted by Crippen LogP contribution is 2.29. The molecule has 31 heavy (non-hydrogen) atoms. The molecule has 6 heteroatoms. The first-order valence-electron chi connectivity index (χ1n) is 9.81. The van der Waals surface area contributed by atoms with Crippen LogP contribution in [0.3, 0.4) is 0 Å². The maximum absolute atomic E-state index is 12.6. The van der Waals surface area contributed by atoms with Crippen molar-refractivity contribution in [1.29, 1.82) is 0 Å². The third-order valence-corrected chi connectivity index (χ3v) is 5.19. The van der Waals surface area contributed by atoms with Gasteiger partial charge in [-0.05, 0) is 48.4 Å². The Morgan fingerprint density at radius 1 is 1.13 bits per heavy atom. The summed E-state index contributed by atoms with van der Waals surface area (Å²) in [7, 11) is 0. The summed E-state index contributed by atoms with van der Waals surface area (Å²) in [5.41, 5.74) is 3.76. The Labute approximate surface area is 186 Å². The minimum Gasteiger partial charge on any atom is -0.481 e. The van der Waals surface area contributed by atoms with Crippen molar-refractivity contribution in [2.24, 2.45) is 0 Å². The lowest BCUT2D eigenvalue weighted by molar-refractivity contribution is -0.137. The average molecular weight is 435 g/mol. The van der Waals surface area contributed by atoms with Crippen LogP contribution in [0, 0.1) is 0 Å². The van der Waals surface area contributed by atoms with Crippen LogP contribution in [0.4, 0.5) is 5.69 Å². The van der Waals surface area contributed by atoms with E-state index < -0.39 is 5.97 Å². The van der Waals surface area contributed by atoms with Crippen molar-refractivity contribution < 1.29 is 14.7 Å². The van der Waals surface area contributed by atoms with E-state index in [1.54, 1.807) is 36.4 Å². The number of halogens is 1. The van der Waals surface area contributed by atoms with Crippen LogP contribution in [-0.2, 0) is 11.3 Å². The lowest BCUT2D eigenvalue weighted by atomic mass is 10.1. The summed E-state index contributed by atoms with van der Waals surface area (Å²) in [5, 5.41) is 13.2. The molecule has 0 saturated heterocycles. The van der Waals surface area contributed by atoms with Crippen LogP contribution in [-0.4, -0.2) is 21.6 Å². The van der Waals surface area contributed by atoms with E-state index >= 15 is 0 Å². The molecule has 0 fully saturated rings. The van der Waals surface area contributed by atoms with E-state index in [2.05, 4.69) is 23.0 Å². The van der Waals surface area contributed by atoms with Crippen LogP contribution >= 0.6 is 11.6 Å². The van der Waals surface area contributed by atoms with Crippen LogP contribution in [0.5, 0.6) is 0 Å². The molecule has 0 unspecified atom stereocenters. The number of fused-ring (bicyclic) bond motifs is 1. The van der Waals surface area contributed by atoms with Gasteiger partial charge in [-0.25, -0.2) is 0 Å². The second-order valence-electron chi connectivity index (χ2n) is 6.95. The van der Waals surface area contributed by atoms with Crippen LogP contribution in [0.15, 0.2) is 79.9 Å². The zero-order valence-electron chi connectivity index (χ0n) is 17.0. The Morgan fingerprint density at radius 3 is 2.58 bits per heavy atom. The molecule has 1 heterocycles. The highest BCUT2D eigenvalue weighted by Gasteiger charge is 2.14. The number of benzene rings is 2. The molecule has 1 aromatic heterocycles. The number of allylic oxidation sites excluding steroid dienone is 4. The lowest BCUT2D eigenvalue weighted by Crippen LogP contribution is -2.12. The maximum atomic E-state index is 12.6. The van der Waals surface area contributed by atoms with Gasteiger partial charge < -0.3 is 15.0 Å². The third kappa shape index (κ3) is 5.13. The number of aliphatic carboxylic acids is 1. The summed E-state index contributed by atoms with van der Waals surface area (Å²) in [6.07, 6.45) is 5.86. The Kier molecular flexibility index (Phi) is 7.11. The molecular weight excluding hydrogens is 412 g/mol. The molecule has 0 bridgehead atoms. The van der Waals surface area contributed by atoms with Crippen molar-refractivity contribution in [3.05, 3.63) is 96.2 Å². The second-order valence-corrected chi connectivity index (χ2v) is 7.36. The fraction of sp³-hybridized carbons (Fsp3) is 0.120. The van der Waals surface area contributed by atoms with E-state index in [1.165, 1.54) is 0 Å². The number of amides is 1. The number of aromatic nitrogens is 1. The number of carbonyl (C=O) groups excluding carboxylic acids is 1. The molecule has 3 rings (SSSR count). The average Bonchev–Trinajstić information content (AvgIpc) is 3.09. The highest BCUT2D eigenvalue weighted by molar-refractivity contribution is 6.34. The molecule has 2 aromatic carbocycles.